The molecule has 0 atom stereocenters. The number of nitrogens with zero attached hydrogens (tertiary/aromatic N) is 1. The lowest BCUT2D eigenvalue weighted by Gasteiger charge is -2.13. The first-order valence-corrected chi connectivity index (χ1v) is 9.12. The summed E-state index contributed by atoms with van der Waals surface area (Å²) < 4.78 is 10.9. The summed E-state index contributed by atoms with van der Waals surface area (Å²) >= 11 is 0. The maximum Gasteiger partial charge on any atom is 0.191 e. The van der Waals surface area contributed by atoms with Crippen LogP contribution in [0.2, 0.25) is 0 Å². The molecular formula is C21H30IN3O2. The molecule has 0 saturated heterocycles. The van der Waals surface area contributed by atoms with E-state index in [1.54, 1.807) is 7.11 Å². The molecule has 0 bridgehead atoms. The number of methoxy groups -OCH3 is 1. The van der Waals surface area contributed by atoms with Gasteiger partial charge >= 0.3 is 0 Å². The topological polar surface area (TPSA) is 54.9 Å². The number of hydrogen-bond donors (Lipinski definition) is 2. The minimum Gasteiger partial charge on any atom is -0.497 e. The smallest absolute Gasteiger partial charge is 0.191 e. The third-order valence-corrected chi connectivity index (χ3v) is 3.86. The second-order valence-electron chi connectivity index (χ2n) is 5.76. The van der Waals surface area contributed by atoms with Gasteiger partial charge in [0.25, 0.3) is 0 Å². The molecule has 6 heteroatoms. The Morgan fingerprint density at radius 2 is 1.85 bits per heavy atom. The van der Waals surface area contributed by atoms with E-state index in [0.29, 0.717) is 13.2 Å². The molecule has 0 aliphatic rings. The number of halogens is 1. The summed E-state index contributed by atoms with van der Waals surface area (Å²) in [4.78, 5) is 4.68. The largest absolute Gasteiger partial charge is 0.497 e. The van der Waals surface area contributed by atoms with Crippen LogP contribution in [0.3, 0.4) is 0 Å². The lowest BCUT2D eigenvalue weighted by atomic mass is 10.1. The summed E-state index contributed by atoms with van der Waals surface area (Å²) in [6, 6.07) is 16.2. The van der Waals surface area contributed by atoms with Crippen molar-refractivity contribution in [2.75, 3.05) is 26.8 Å². The average molecular weight is 483 g/mol. The molecule has 0 radical (unpaired) electrons. The fourth-order valence-electron chi connectivity index (χ4n) is 2.59. The van der Waals surface area contributed by atoms with Crippen molar-refractivity contribution < 1.29 is 9.47 Å². The second-order valence-corrected chi connectivity index (χ2v) is 5.76. The van der Waals surface area contributed by atoms with E-state index in [4.69, 9.17) is 9.47 Å². The normalized spacial score (nSPS) is 10.7. The Hall–Kier alpha value is -1.96. The van der Waals surface area contributed by atoms with Crippen molar-refractivity contribution in [3.63, 3.8) is 0 Å². The summed E-state index contributed by atoms with van der Waals surface area (Å²) in [5.41, 5.74) is 2.31. The minimum atomic E-state index is 0. The fourth-order valence-corrected chi connectivity index (χ4v) is 2.59. The van der Waals surface area contributed by atoms with Crippen LogP contribution in [0.4, 0.5) is 0 Å². The van der Waals surface area contributed by atoms with Gasteiger partial charge in [0.1, 0.15) is 11.5 Å². The Balaban J connectivity index is 0.00000364. The molecule has 2 aromatic carbocycles. The highest BCUT2D eigenvalue weighted by Gasteiger charge is 2.03. The number of benzene rings is 2. The molecule has 2 aromatic rings. The Morgan fingerprint density at radius 3 is 2.59 bits per heavy atom. The first-order chi connectivity index (χ1) is 12.8. The molecule has 2 rings (SSSR count). The highest BCUT2D eigenvalue weighted by Crippen LogP contribution is 2.18. The zero-order chi connectivity index (χ0) is 18.6. The monoisotopic (exact) mass is 483 g/mol. The number of guanidine groups is 1. The van der Waals surface area contributed by atoms with E-state index >= 15 is 0 Å². The van der Waals surface area contributed by atoms with Gasteiger partial charge in [0.05, 0.1) is 20.3 Å². The molecule has 0 aliphatic carbocycles. The van der Waals surface area contributed by atoms with Gasteiger partial charge in [0.15, 0.2) is 5.96 Å². The van der Waals surface area contributed by atoms with Crippen molar-refractivity contribution in [1.29, 1.82) is 0 Å². The van der Waals surface area contributed by atoms with Crippen molar-refractivity contribution in [2.45, 2.75) is 26.8 Å². The second kappa shape index (κ2) is 13.2. The van der Waals surface area contributed by atoms with Crippen molar-refractivity contribution >= 4 is 29.9 Å². The van der Waals surface area contributed by atoms with Gasteiger partial charge in [-0.3, -0.25) is 0 Å². The Morgan fingerprint density at radius 1 is 1.04 bits per heavy atom. The van der Waals surface area contributed by atoms with E-state index in [1.165, 1.54) is 5.56 Å². The van der Waals surface area contributed by atoms with Crippen LogP contribution in [0.1, 0.15) is 25.0 Å². The molecule has 0 unspecified atom stereocenters. The van der Waals surface area contributed by atoms with Gasteiger partial charge in [0, 0.05) is 18.7 Å². The highest BCUT2D eigenvalue weighted by molar-refractivity contribution is 14.0. The SMILES string of the molecule is CCNC(=NCc1ccccc1OCC)NCCc1cccc(OC)c1.I. The Labute approximate surface area is 179 Å². The van der Waals surface area contributed by atoms with E-state index in [9.17, 15) is 0 Å². The predicted octanol–water partition coefficient (Wildman–Crippen LogP) is 4.01. The van der Waals surface area contributed by atoms with Crippen LogP contribution in [0.5, 0.6) is 11.5 Å². The summed E-state index contributed by atoms with van der Waals surface area (Å²) in [7, 11) is 1.69. The molecule has 0 saturated carbocycles. The quantitative estimate of drug-likeness (QED) is 0.322. The minimum absolute atomic E-state index is 0. The van der Waals surface area contributed by atoms with Gasteiger partial charge in [-0.1, -0.05) is 30.3 Å². The number of hydrogen-bond acceptors (Lipinski definition) is 3. The van der Waals surface area contributed by atoms with Gasteiger partial charge in [-0.05, 0) is 44.0 Å². The molecule has 0 aliphatic heterocycles. The third kappa shape index (κ3) is 8.07. The van der Waals surface area contributed by atoms with Gasteiger partial charge in [-0.2, -0.15) is 0 Å². The van der Waals surface area contributed by atoms with Gasteiger partial charge in [0.2, 0.25) is 0 Å². The van der Waals surface area contributed by atoms with Gasteiger partial charge < -0.3 is 20.1 Å². The number of ether oxygens (including phenoxy) is 2. The molecule has 148 valence electrons. The van der Waals surface area contributed by atoms with Crippen molar-refractivity contribution in [2.24, 2.45) is 4.99 Å². The van der Waals surface area contributed by atoms with E-state index in [1.807, 2.05) is 43.3 Å². The van der Waals surface area contributed by atoms with E-state index < -0.39 is 0 Å². The molecule has 5 nitrogen and oxygen atoms in total. The van der Waals surface area contributed by atoms with Gasteiger partial charge in [-0.25, -0.2) is 4.99 Å². The molecule has 2 N–H and O–H groups in total. The number of nitrogens with one attached hydrogen (secondary N) is 2. The average Bonchev–Trinajstić information content (AvgIpc) is 2.67. The summed E-state index contributed by atoms with van der Waals surface area (Å²) in [6.07, 6.45) is 0.900. The first-order valence-electron chi connectivity index (χ1n) is 9.12. The number of para-hydroxylation sites is 1. The van der Waals surface area contributed by atoms with E-state index in [-0.39, 0.29) is 24.0 Å². The molecule has 0 heterocycles. The molecular weight excluding hydrogens is 453 g/mol. The lowest BCUT2D eigenvalue weighted by Crippen LogP contribution is -2.38. The molecule has 0 aromatic heterocycles. The van der Waals surface area contributed by atoms with Crippen molar-refractivity contribution in [3.8, 4) is 11.5 Å². The number of aliphatic imine (C=N–C) groups is 1. The molecule has 0 spiro atoms. The Bertz CT molecular complexity index is 707. The first kappa shape index (κ1) is 23.1. The standard InChI is InChI=1S/C21H29N3O2.HI/c1-4-22-21(23-14-13-17-9-8-11-19(15-17)25-3)24-16-18-10-6-7-12-20(18)26-5-2;/h6-12,15H,4-5,13-14,16H2,1-3H3,(H2,22,23,24);1H. The van der Waals surface area contributed by atoms with E-state index in [2.05, 4.69) is 34.7 Å². The summed E-state index contributed by atoms with van der Waals surface area (Å²) in [6.45, 7) is 6.89. The molecule has 0 fully saturated rings. The van der Waals surface area contributed by atoms with Crippen molar-refractivity contribution in [3.05, 3.63) is 59.7 Å². The van der Waals surface area contributed by atoms with Crippen LogP contribution in [0.15, 0.2) is 53.5 Å². The van der Waals surface area contributed by atoms with Crippen molar-refractivity contribution in [1.82, 2.24) is 10.6 Å². The molecule has 27 heavy (non-hydrogen) atoms. The zero-order valence-electron chi connectivity index (χ0n) is 16.3. The van der Waals surface area contributed by atoms with Crippen LogP contribution in [-0.4, -0.2) is 32.8 Å². The lowest BCUT2D eigenvalue weighted by molar-refractivity contribution is 0.336. The summed E-state index contributed by atoms with van der Waals surface area (Å²) in [5.74, 6) is 2.59. The van der Waals surface area contributed by atoms with Crippen LogP contribution >= 0.6 is 24.0 Å². The van der Waals surface area contributed by atoms with Crippen LogP contribution < -0.4 is 20.1 Å². The van der Waals surface area contributed by atoms with Gasteiger partial charge in [-0.15, -0.1) is 24.0 Å². The Kier molecular flexibility index (Phi) is 11.3. The predicted molar refractivity (Wildman–Crippen MR) is 123 cm³/mol. The summed E-state index contributed by atoms with van der Waals surface area (Å²) in [5, 5.41) is 6.67. The van der Waals surface area contributed by atoms with Crippen LogP contribution in [-0.2, 0) is 13.0 Å². The zero-order valence-corrected chi connectivity index (χ0v) is 18.7. The van der Waals surface area contributed by atoms with Crippen LogP contribution in [0, 0.1) is 0 Å². The highest BCUT2D eigenvalue weighted by atomic mass is 127. The maximum atomic E-state index is 5.67. The third-order valence-electron chi connectivity index (χ3n) is 3.86. The maximum absolute atomic E-state index is 5.67. The molecule has 0 amide bonds. The number of rotatable bonds is 9. The van der Waals surface area contributed by atoms with Crippen LogP contribution in [0.25, 0.3) is 0 Å². The fraction of sp³-hybridized carbons (Fsp3) is 0.381. The van der Waals surface area contributed by atoms with E-state index in [0.717, 1.165) is 42.5 Å².